The number of likely N-dealkylation sites (tertiary alicyclic amines) is 1. The number of nitrogens with zero attached hydrogens (tertiary/aromatic N) is 1. The van der Waals surface area contributed by atoms with Gasteiger partial charge in [-0.25, -0.2) is 4.79 Å². The fraction of sp³-hybridized carbons (Fsp3) is 0.875. The van der Waals surface area contributed by atoms with Crippen molar-refractivity contribution in [3.8, 4) is 0 Å². The second-order valence-corrected chi connectivity index (χ2v) is 3.65. The van der Waals surface area contributed by atoms with E-state index in [4.69, 9.17) is 5.11 Å². The number of carbonyl (C=O) groups is 1. The second-order valence-electron chi connectivity index (χ2n) is 3.65. The molecule has 0 spiro atoms. The van der Waals surface area contributed by atoms with E-state index in [1.807, 2.05) is 0 Å². The van der Waals surface area contributed by atoms with Crippen molar-refractivity contribution >= 4 is 6.09 Å². The molecule has 2 atom stereocenters. The Hall–Kier alpha value is -0.980. The normalized spacial score (nSPS) is 27.9. The van der Waals surface area contributed by atoms with Crippen LogP contribution in [0.2, 0.25) is 0 Å². The Bertz CT molecular complexity index is 245. The van der Waals surface area contributed by atoms with Crippen LogP contribution in [0.4, 0.5) is 18.0 Å². The number of halogens is 3. The van der Waals surface area contributed by atoms with Crippen LogP contribution >= 0.6 is 0 Å². The molecule has 1 saturated heterocycles. The maximum Gasteiger partial charge on any atom is 0.407 e. The van der Waals surface area contributed by atoms with Crippen molar-refractivity contribution in [2.75, 3.05) is 20.1 Å². The zero-order valence-electron chi connectivity index (χ0n) is 8.21. The fourth-order valence-corrected chi connectivity index (χ4v) is 1.70. The standard InChI is InChI=1S/C8H13F3N2O2/c1-12-6-2-5(8(9,10)11)3-13(4-6)7(14)15/h5-6,12H,2-4H2,1H3,(H,14,15). The number of rotatable bonds is 1. The second kappa shape index (κ2) is 4.26. The number of alkyl halides is 3. The molecular formula is C8H13F3N2O2. The highest BCUT2D eigenvalue weighted by atomic mass is 19.4. The van der Waals surface area contributed by atoms with Gasteiger partial charge >= 0.3 is 12.3 Å². The summed E-state index contributed by atoms with van der Waals surface area (Å²) in [6.07, 6.45) is -5.70. The van der Waals surface area contributed by atoms with Crippen molar-refractivity contribution in [1.82, 2.24) is 10.2 Å². The topological polar surface area (TPSA) is 52.6 Å². The van der Waals surface area contributed by atoms with E-state index in [0.29, 0.717) is 0 Å². The van der Waals surface area contributed by atoms with E-state index in [2.05, 4.69) is 5.32 Å². The number of hydrogen-bond acceptors (Lipinski definition) is 2. The van der Waals surface area contributed by atoms with Crippen LogP contribution in [0.5, 0.6) is 0 Å². The van der Waals surface area contributed by atoms with Crippen LogP contribution in [0.3, 0.4) is 0 Å². The minimum Gasteiger partial charge on any atom is -0.465 e. The van der Waals surface area contributed by atoms with Gasteiger partial charge in [0, 0.05) is 19.1 Å². The van der Waals surface area contributed by atoms with Gasteiger partial charge in [-0.05, 0) is 13.5 Å². The lowest BCUT2D eigenvalue weighted by molar-refractivity contribution is -0.186. The van der Waals surface area contributed by atoms with E-state index in [-0.39, 0.29) is 13.0 Å². The van der Waals surface area contributed by atoms with Crippen molar-refractivity contribution in [1.29, 1.82) is 0 Å². The van der Waals surface area contributed by atoms with E-state index in [1.165, 1.54) is 7.05 Å². The zero-order chi connectivity index (χ0) is 11.6. The Morgan fingerprint density at radius 3 is 2.47 bits per heavy atom. The van der Waals surface area contributed by atoms with Gasteiger partial charge in [-0.2, -0.15) is 13.2 Å². The SMILES string of the molecule is CNC1CC(C(F)(F)F)CN(C(=O)O)C1. The summed E-state index contributed by atoms with van der Waals surface area (Å²) in [5.74, 6) is -1.57. The molecule has 0 aliphatic carbocycles. The quantitative estimate of drug-likeness (QED) is 0.704. The Morgan fingerprint density at radius 2 is 2.07 bits per heavy atom. The van der Waals surface area contributed by atoms with E-state index < -0.39 is 30.8 Å². The Balaban J connectivity index is 2.71. The molecule has 1 rings (SSSR count). The summed E-state index contributed by atoms with van der Waals surface area (Å²) >= 11 is 0. The average molecular weight is 226 g/mol. The van der Waals surface area contributed by atoms with Crippen molar-refractivity contribution < 1.29 is 23.1 Å². The summed E-state index contributed by atoms with van der Waals surface area (Å²) in [7, 11) is 1.53. The van der Waals surface area contributed by atoms with Crippen molar-refractivity contribution in [3.63, 3.8) is 0 Å². The Morgan fingerprint density at radius 1 is 1.47 bits per heavy atom. The fourth-order valence-electron chi connectivity index (χ4n) is 1.70. The maximum absolute atomic E-state index is 12.4. The van der Waals surface area contributed by atoms with Crippen molar-refractivity contribution in [2.24, 2.45) is 5.92 Å². The number of amides is 1. The molecular weight excluding hydrogens is 213 g/mol. The lowest BCUT2D eigenvalue weighted by Crippen LogP contribution is -2.53. The summed E-state index contributed by atoms with van der Waals surface area (Å²) in [4.78, 5) is 11.4. The number of hydrogen-bond donors (Lipinski definition) is 2. The molecule has 0 saturated carbocycles. The van der Waals surface area contributed by atoms with Crippen LogP contribution in [0, 0.1) is 5.92 Å². The van der Waals surface area contributed by atoms with Crippen LogP contribution in [0.25, 0.3) is 0 Å². The molecule has 0 bridgehead atoms. The van der Waals surface area contributed by atoms with E-state index in [1.54, 1.807) is 0 Å². The average Bonchev–Trinajstić information content (AvgIpc) is 2.15. The maximum atomic E-state index is 12.4. The third-order valence-corrected chi connectivity index (χ3v) is 2.59. The van der Waals surface area contributed by atoms with E-state index in [9.17, 15) is 18.0 Å². The first-order valence-electron chi connectivity index (χ1n) is 4.56. The van der Waals surface area contributed by atoms with Crippen LogP contribution in [0.15, 0.2) is 0 Å². The summed E-state index contributed by atoms with van der Waals surface area (Å²) in [6.45, 7) is -0.352. The largest absolute Gasteiger partial charge is 0.465 e. The number of nitrogens with one attached hydrogen (secondary N) is 1. The van der Waals surface area contributed by atoms with Gasteiger partial charge in [-0.15, -0.1) is 0 Å². The molecule has 15 heavy (non-hydrogen) atoms. The van der Waals surface area contributed by atoms with E-state index in [0.717, 1.165) is 4.90 Å². The molecule has 7 heteroatoms. The molecule has 1 heterocycles. The highest BCUT2D eigenvalue weighted by molar-refractivity contribution is 5.65. The minimum absolute atomic E-state index is 0.0657. The number of carboxylic acid groups (broad SMARTS) is 1. The molecule has 4 nitrogen and oxygen atoms in total. The molecule has 88 valence electrons. The molecule has 1 aliphatic rings. The summed E-state index contributed by atoms with van der Waals surface area (Å²) in [5, 5.41) is 11.4. The monoisotopic (exact) mass is 226 g/mol. The molecule has 2 unspecified atom stereocenters. The summed E-state index contributed by atoms with van der Waals surface area (Å²) in [5.41, 5.74) is 0. The highest BCUT2D eigenvalue weighted by Crippen LogP contribution is 2.33. The summed E-state index contributed by atoms with van der Waals surface area (Å²) in [6, 6.07) is -0.429. The Labute approximate surface area is 85.1 Å². The van der Waals surface area contributed by atoms with Crippen LogP contribution < -0.4 is 5.32 Å². The number of likely N-dealkylation sites (N-methyl/N-ethyl adjacent to an activating group) is 1. The Kier molecular flexibility index (Phi) is 3.43. The van der Waals surface area contributed by atoms with Crippen molar-refractivity contribution in [3.05, 3.63) is 0 Å². The predicted molar refractivity (Wildman–Crippen MR) is 46.6 cm³/mol. The molecule has 2 N–H and O–H groups in total. The third-order valence-electron chi connectivity index (χ3n) is 2.59. The van der Waals surface area contributed by atoms with Gasteiger partial charge in [0.25, 0.3) is 0 Å². The van der Waals surface area contributed by atoms with Crippen LogP contribution in [0.1, 0.15) is 6.42 Å². The first-order chi connectivity index (χ1) is 6.84. The predicted octanol–water partition coefficient (Wildman–Crippen LogP) is 1.14. The molecule has 1 fully saturated rings. The summed E-state index contributed by atoms with van der Waals surface area (Å²) < 4.78 is 37.3. The van der Waals surface area contributed by atoms with Gasteiger partial charge in [0.15, 0.2) is 0 Å². The first-order valence-corrected chi connectivity index (χ1v) is 4.56. The van der Waals surface area contributed by atoms with E-state index >= 15 is 0 Å². The minimum atomic E-state index is -4.33. The van der Waals surface area contributed by atoms with Crippen LogP contribution in [-0.2, 0) is 0 Å². The third kappa shape index (κ3) is 2.98. The number of piperidine rings is 1. The molecule has 0 radical (unpaired) electrons. The van der Waals surface area contributed by atoms with Gasteiger partial charge in [-0.1, -0.05) is 0 Å². The van der Waals surface area contributed by atoms with Gasteiger partial charge in [0.2, 0.25) is 0 Å². The highest BCUT2D eigenvalue weighted by Gasteiger charge is 2.45. The van der Waals surface area contributed by atoms with Gasteiger partial charge in [-0.3, -0.25) is 0 Å². The molecule has 0 aromatic carbocycles. The molecule has 1 aliphatic heterocycles. The lowest BCUT2D eigenvalue weighted by Gasteiger charge is -2.36. The zero-order valence-corrected chi connectivity index (χ0v) is 8.21. The lowest BCUT2D eigenvalue weighted by atomic mass is 9.94. The van der Waals surface area contributed by atoms with Gasteiger partial charge in [0.05, 0.1) is 5.92 Å². The van der Waals surface area contributed by atoms with Crippen molar-refractivity contribution in [2.45, 2.75) is 18.6 Å². The molecule has 0 aromatic rings. The smallest absolute Gasteiger partial charge is 0.407 e. The van der Waals surface area contributed by atoms with Gasteiger partial charge < -0.3 is 15.3 Å². The molecule has 1 amide bonds. The van der Waals surface area contributed by atoms with Gasteiger partial charge in [0.1, 0.15) is 0 Å². The first kappa shape index (κ1) is 12.1. The molecule has 0 aromatic heterocycles. The van der Waals surface area contributed by atoms with Crippen LogP contribution in [-0.4, -0.2) is 48.5 Å².